The third kappa shape index (κ3) is 4.71. The molecule has 0 amide bonds. The molecule has 0 aliphatic heterocycles. The van der Waals surface area contributed by atoms with Gasteiger partial charge in [0.05, 0.1) is 22.9 Å². The minimum absolute atomic E-state index is 0.205. The Labute approximate surface area is 170 Å². The van der Waals surface area contributed by atoms with Crippen LogP contribution in [-0.4, -0.2) is 24.5 Å². The molecule has 5 nitrogen and oxygen atoms in total. The third-order valence-electron chi connectivity index (χ3n) is 3.86. The maximum absolute atomic E-state index is 12.3. The number of carbonyl (C=O) groups excluding carboxylic acids is 1. The van der Waals surface area contributed by atoms with Gasteiger partial charge in [0.2, 0.25) is 0 Å². The SMILES string of the molecule is CCOc1cc(C=c2sc(=CC(=O)c3ccc(Cl)cc3)[nH]c2=O)ccc1OC. The van der Waals surface area contributed by atoms with E-state index in [4.69, 9.17) is 21.1 Å². The van der Waals surface area contributed by atoms with Gasteiger partial charge in [-0.05, 0) is 55.0 Å². The number of carbonyl (C=O) groups is 1. The Morgan fingerprint density at radius 2 is 1.93 bits per heavy atom. The van der Waals surface area contributed by atoms with Crippen molar-refractivity contribution in [1.29, 1.82) is 0 Å². The maximum atomic E-state index is 12.3. The van der Waals surface area contributed by atoms with Crippen LogP contribution in [0.15, 0.2) is 47.3 Å². The molecule has 0 atom stereocenters. The highest BCUT2D eigenvalue weighted by molar-refractivity contribution is 7.07. The van der Waals surface area contributed by atoms with E-state index >= 15 is 0 Å². The second-order valence-electron chi connectivity index (χ2n) is 5.79. The number of methoxy groups -OCH3 is 1. The standard InChI is InChI=1S/C21H18ClNO4S/c1-3-27-18-10-13(4-9-17(18)26-2)11-19-21(25)23-20(28-19)12-16(24)14-5-7-15(22)8-6-14/h4-12H,3H2,1-2H3,(H,23,25). The monoisotopic (exact) mass is 415 g/mol. The average molecular weight is 416 g/mol. The molecule has 0 bridgehead atoms. The molecular formula is C21H18ClNO4S. The molecule has 0 aliphatic rings. The van der Waals surface area contributed by atoms with Crippen LogP contribution in [0.25, 0.3) is 12.2 Å². The lowest BCUT2D eigenvalue weighted by Crippen LogP contribution is -2.20. The number of benzene rings is 2. The molecular weight excluding hydrogens is 398 g/mol. The van der Waals surface area contributed by atoms with Crippen molar-refractivity contribution in [1.82, 2.24) is 4.98 Å². The Balaban J connectivity index is 1.96. The van der Waals surface area contributed by atoms with E-state index in [2.05, 4.69) is 4.98 Å². The number of H-pyrrole nitrogens is 1. The summed E-state index contributed by atoms with van der Waals surface area (Å²) in [4.78, 5) is 27.3. The normalized spacial score (nSPS) is 12.2. The fraction of sp³-hybridized carbons (Fsp3) is 0.143. The van der Waals surface area contributed by atoms with Gasteiger partial charge in [0.15, 0.2) is 17.3 Å². The molecule has 0 saturated heterocycles. The molecule has 3 rings (SSSR count). The van der Waals surface area contributed by atoms with Crippen molar-refractivity contribution in [3.63, 3.8) is 0 Å². The Morgan fingerprint density at radius 1 is 1.18 bits per heavy atom. The largest absolute Gasteiger partial charge is 0.493 e. The number of hydrogen-bond acceptors (Lipinski definition) is 5. The van der Waals surface area contributed by atoms with Crippen molar-refractivity contribution in [3.8, 4) is 11.5 Å². The first-order valence-corrected chi connectivity index (χ1v) is 9.73. The van der Waals surface area contributed by atoms with Crippen LogP contribution in [0.3, 0.4) is 0 Å². The van der Waals surface area contributed by atoms with Crippen LogP contribution in [0.5, 0.6) is 11.5 Å². The van der Waals surface area contributed by atoms with Crippen molar-refractivity contribution in [2.24, 2.45) is 0 Å². The molecule has 144 valence electrons. The van der Waals surface area contributed by atoms with Gasteiger partial charge in [-0.25, -0.2) is 0 Å². The predicted octanol–water partition coefficient (Wildman–Crippen LogP) is 2.99. The number of halogens is 1. The Bertz CT molecular complexity index is 1160. The van der Waals surface area contributed by atoms with Crippen LogP contribution in [0.1, 0.15) is 22.8 Å². The van der Waals surface area contributed by atoms with E-state index in [1.807, 2.05) is 19.1 Å². The molecule has 0 spiro atoms. The summed E-state index contributed by atoms with van der Waals surface area (Å²) in [7, 11) is 1.57. The van der Waals surface area contributed by atoms with Gasteiger partial charge in [-0.15, -0.1) is 11.3 Å². The molecule has 1 aromatic heterocycles. The van der Waals surface area contributed by atoms with Crippen molar-refractivity contribution in [3.05, 3.63) is 78.2 Å². The minimum Gasteiger partial charge on any atom is -0.493 e. The number of ketones is 1. The molecule has 1 N–H and O–H groups in total. The summed E-state index contributed by atoms with van der Waals surface area (Å²) in [5.41, 5.74) is 1.04. The van der Waals surface area contributed by atoms with Crippen LogP contribution in [0.4, 0.5) is 0 Å². The van der Waals surface area contributed by atoms with Crippen molar-refractivity contribution < 1.29 is 14.3 Å². The summed E-state index contributed by atoms with van der Waals surface area (Å²) >= 11 is 7.05. The average Bonchev–Trinajstić information content (AvgIpc) is 3.01. The van der Waals surface area contributed by atoms with Crippen LogP contribution < -0.4 is 24.2 Å². The maximum Gasteiger partial charge on any atom is 0.266 e. The molecule has 2 aromatic carbocycles. The minimum atomic E-state index is -0.256. The number of thiazole rings is 1. The highest BCUT2D eigenvalue weighted by Gasteiger charge is 2.06. The van der Waals surface area contributed by atoms with E-state index in [9.17, 15) is 9.59 Å². The lowest BCUT2D eigenvalue weighted by Gasteiger charge is -2.09. The fourth-order valence-electron chi connectivity index (χ4n) is 2.54. The number of Topliss-reactive ketones (excluding diaryl/α,β-unsaturated/α-hetero) is 1. The lowest BCUT2D eigenvalue weighted by molar-refractivity contribution is 0.106. The zero-order chi connectivity index (χ0) is 20.1. The van der Waals surface area contributed by atoms with E-state index in [-0.39, 0.29) is 11.3 Å². The number of ether oxygens (including phenoxy) is 2. The Kier molecular flexibility index (Phi) is 6.34. The van der Waals surface area contributed by atoms with Gasteiger partial charge in [0, 0.05) is 16.7 Å². The van der Waals surface area contributed by atoms with Gasteiger partial charge < -0.3 is 14.5 Å². The first kappa shape index (κ1) is 19.9. The molecule has 0 saturated carbocycles. The summed E-state index contributed by atoms with van der Waals surface area (Å²) in [6, 6.07) is 12.0. The van der Waals surface area contributed by atoms with Crippen LogP contribution in [0, 0.1) is 0 Å². The zero-order valence-electron chi connectivity index (χ0n) is 15.3. The summed E-state index contributed by atoms with van der Waals surface area (Å²) in [5.74, 6) is 1.03. The highest BCUT2D eigenvalue weighted by Crippen LogP contribution is 2.28. The number of aromatic nitrogens is 1. The predicted molar refractivity (Wildman–Crippen MR) is 112 cm³/mol. The van der Waals surface area contributed by atoms with Crippen LogP contribution in [-0.2, 0) is 0 Å². The summed E-state index contributed by atoms with van der Waals surface area (Å²) in [6.07, 6.45) is 3.15. The number of hydrogen-bond donors (Lipinski definition) is 1. The topological polar surface area (TPSA) is 68.4 Å². The van der Waals surface area contributed by atoms with Crippen molar-refractivity contribution in [2.75, 3.05) is 13.7 Å². The molecule has 28 heavy (non-hydrogen) atoms. The van der Waals surface area contributed by atoms with E-state index < -0.39 is 0 Å². The molecule has 3 aromatic rings. The Hall–Kier alpha value is -2.83. The molecule has 0 unspecified atom stereocenters. The summed E-state index contributed by atoms with van der Waals surface area (Å²) < 4.78 is 11.8. The third-order valence-corrected chi connectivity index (χ3v) is 5.07. The van der Waals surface area contributed by atoms with E-state index in [0.29, 0.717) is 37.9 Å². The molecule has 0 fully saturated rings. The zero-order valence-corrected chi connectivity index (χ0v) is 16.9. The van der Waals surface area contributed by atoms with E-state index in [0.717, 1.165) is 5.56 Å². The van der Waals surface area contributed by atoms with E-state index in [1.165, 1.54) is 17.4 Å². The smallest absolute Gasteiger partial charge is 0.266 e. The Morgan fingerprint density at radius 3 is 2.61 bits per heavy atom. The van der Waals surface area contributed by atoms with Gasteiger partial charge >= 0.3 is 0 Å². The first-order chi connectivity index (χ1) is 13.5. The van der Waals surface area contributed by atoms with Crippen molar-refractivity contribution >= 4 is 40.9 Å². The summed E-state index contributed by atoms with van der Waals surface area (Å²) in [5, 5.41) is 0.559. The second-order valence-corrected chi connectivity index (χ2v) is 7.31. The first-order valence-electron chi connectivity index (χ1n) is 8.53. The number of rotatable bonds is 6. The molecule has 0 aliphatic carbocycles. The quantitative estimate of drug-likeness (QED) is 0.628. The van der Waals surface area contributed by atoms with Gasteiger partial charge in [-0.3, -0.25) is 9.59 Å². The summed E-state index contributed by atoms with van der Waals surface area (Å²) in [6.45, 7) is 2.39. The molecule has 0 radical (unpaired) electrons. The van der Waals surface area contributed by atoms with E-state index in [1.54, 1.807) is 43.5 Å². The number of aromatic amines is 1. The van der Waals surface area contributed by atoms with Gasteiger partial charge in [0.1, 0.15) is 0 Å². The van der Waals surface area contributed by atoms with Gasteiger partial charge in [-0.1, -0.05) is 17.7 Å². The fourth-order valence-corrected chi connectivity index (χ4v) is 3.56. The molecule has 7 heteroatoms. The van der Waals surface area contributed by atoms with Gasteiger partial charge in [-0.2, -0.15) is 0 Å². The van der Waals surface area contributed by atoms with Gasteiger partial charge in [0.25, 0.3) is 5.56 Å². The number of nitrogens with one attached hydrogen (secondary N) is 1. The second kappa shape index (κ2) is 8.91. The molecule has 1 heterocycles. The highest BCUT2D eigenvalue weighted by atomic mass is 35.5. The van der Waals surface area contributed by atoms with Crippen molar-refractivity contribution in [2.45, 2.75) is 6.92 Å². The lowest BCUT2D eigenvalue weighted by atomic mass is 10.1. The van der Waals surface area contributed by atoms with Crippen LogP contribution in [0.2, 0.25) is 5.02 Å². The van der Waals surface area contributed by atoms with Crippen LogP contribution >= 0.6 is 22.9 Å².